The minimum atomic E-state index is 0.115. The van der Waals surface area contributed by atoms with Gasteiger partial charge in [-0.25, -0.2) is 0 Å². The second kappa shape index (κ2) is 5.91. The van der Waals surface area contributed by atoms with Crippen molar-refractivity contribution >= 4 is 38.1 Å². The van der Waals surface area contributed by atoms with Crippen molar-refractivity contribution < 1.29 is 9.53 Å². The van der Waals surface area contributed by atoms with E-state index in [1.54, 1.807) is 7.11 Å². The van der Waals surface area contributed by atoms with Crippen LogP contribution in [0.2, 0.25) is 0 Å². The van der Waals surface area contributed by atoms with Gasteiger partial charge >= 0.3 is 0 Å². The number of aldehydes is 1. The van der Waals surface area contributed by atoms with E-state index < -0.39 is 0 Å². The highest BCUT2D eigenvalue weighted by molar-refractivity contribution is 9.28. The van der Waals surface area contributed by atoms with Crippen LogP contribution in [0.3, 0.4) is 0 Å². The van der Waals surface area contributed by atoms with E-state index in [1.165, 1.54) is 6.42 Å². The predicted molar refractivity (Wildman–Crippen MR) is 63.4 cm³/mol. The first-order chi connectivity index (χ1) is 6.70. The molecule has 1 aliphatic rings. The van der Waals surface area contributed by atoms with Crippen molar-refractivity contribution in [3.8, 4) is 0 Å². The highest BCUT2D eigenvalue weighted by atomic mass is 79.9. The van der Waals surface area contributed by atoms with E-state index >= 15 is 0 Å². The fourth-order valence-electron chi connectivity index (χ4n) is 2.02. The third-order valence-electron chi connectivity index (χ3n) is 2.74. The third kappa shape index (κ3) is 2.83. The Hall–Kier alpha value is 0.170. The molecular formula is C10H14Br2O2. The van der Waals surface area contributed by atoms with Crippen LogP contribution in [0.15, 0.2) is 9.15 Å². The molecule has 0 amide bonds. The number of methoxy groups -OCH3 is 1. The van der Waals surface area contributed by atoms with E-state index in [1.807, 2.05) is 0 Å². The molecule has 1 rings (SSSR count). The quantitative estimate of drug-likeness (QED) is 0.585. The van der Waals surface area contributed by atoms with Crippen LogP contribution in [0.25, 0.3) is 0 Å². The highest BCUT2D eigenvalue weighted by Gasteiger charge is 2.29. The SMILES string of the molecule is COC(=C(Br)Br)C1CCCCC1C=O. The highest BCUT2D eigenvalue weighted by Crippen LogP contribution is 2.38. The van der Waals surface area contributed by atoms with Crippen molar-refractivity contribution in [2.24, 2.45) is 11.8 Å². The molecule has 0 aromatic carbocycles. The van der Waals surface area contributed by atoms with Crippen LogP contribution in [-0.2, 0) is 9.53 Å². The molecule has 1 aliphatic carbocycles. The van der Waals surface area contributed by atoms with Gasteiger partial charge in [0.05, 0.1) is 10.5 Å². The Balaban J connectivity index is 2.81. The van der Waals surface area contributed by atoms with Crippen molar-refractivity contribution in [3.05, 3.63) is 9.15 Å². The van der Waals surface area contributed by atoms with Crippen molar-refractivity contribution in [1.29, 1.82) is 0 Å². The van der Waals surface area contributed by atoms with Crippen LogP contribution in [0.1, 0.15) is 25.7 Å². The van der Waals surface area contributed by atoms with Gasteiger partial charge in [0.1, 0.15) is 12.0 Å². The lowest BCUT2D eigenvalue weighted by atomic mass is 9.79. The van der Waals surface area contributed by atoms with Crippen LogP contribution in [0.5, 0.6) is 0 Å². The fourth-order valence-corrected chi connectivity index (χ4v) is 2.93. The first-order valence-corrected chi connectivity index (χ1v) is 6.33. The van der Waals surface area contributed by atoms with Crippen LogP contribution >= 0.6 is 31.9 Å². The summed E-state index contributed by atoms with van der Waals surface area (Å²) in [6, 6.07) is 0. The lowest BCUT2D eigenvalue weighted by Crippen LogP contribution is -2.23. The molecule has 0 aromatic rings. The van der Waals surface area contributed by atoms with Crippen LogP contribution in [-0.4, -0.2) is 13.4 Å². The second-order valence-electron chi connectivity index (χ2n) is 3.52. The Morgan fingerprint density at radius 2 is 2.00 bits per heavy atom. The lowest BCUT2D eigenvalue weighted by molar-refractivity contribution is -0.113. The summed E-state index contributed by atoms with van der Waals surface area (Å²) >= 11 is 6.70. The van der Waals surface area contributed by atoms with Gasteiger partial charge in [-0.15, -0.1) is 0 Å². The van der Waals surface area contributed by atoms with Gasteiger partial charge < -0.3 is 9.53 Å². The predicted octanol–water partition coefficient (Wildman–Crippen LogP) is 3.60. The summed E-state index contributed by atoms with van der Waals surface area (Å²) < 4.78 is 6.14. The van der Waals surface area contributed by atoms with Gasteiger partial charge in [0.15, 0.2) is 0 Å². The molecule has 80 valence electrons. The van der Waals surface area contributed by atoms with Crippen LogP contribution in [0, 0.1) is 11.8 Å². The monoisotopic (exact) mass is 324 g/mol. The Bertz CT molecular complexity index is 234. The summed E-state index contributed by atoms with van der Waals surface area (Å²) in [4.78, 5) is 10.9. The zero-order valence-electron chi connectivity index (χ0n) is 8.13. The average molecular weight is 326 g/mol. The van der Waals surface area contributed by atoms with Crippen molar-refractivity contribution in [3.63, 3.8) is 0 Å². The zero-order valence-corrected chi connectivity index (χ0v) is 11.3. The molecule has 0 aliphatic heterocycles. The zero-order chi connectivity index (χ0) is 10.6. The summed E-state index contributed by atoms with van der Waals surface area (Å²) in [5, 5.41) is 0. The molecule has 1 fully saturated rings. The van der Waals surface area contributed by atoms with E-state index in [-0.39, 0.29) is 11.8 Å². The number of hydrogen-bond acceptors (Lipinski definition) is 2. The maximum Gasteiger partial charge on any atom is 0.123 e. The number of carbonyl (C=O) groups is 1. The number of hydrogen-bond donors (Lipinski definition) is 0. The molecule has 0 radical (unpaired) electrons. The van der Waals surface area contributed by atoms with E-state index in [2.05, 4.69) is 31.9 Å². The van der Waals surface area contributed by atoms with Crippen LogP contribution in [0.4, 0.5) is 0 Å². The van der Waals surface area contributed by atoms with E-state index in [0.717, 1.165) is 34.7 Å². The van der Waals surface area contributed by atoms with Gasteiger partial charge in [0.25, 0.3) is 0 Å². The summed E-state index contributed by atoms with van der Waals surface area (Å²) in [6.07, 6.45) is 5.40. The maximum absolute atomic E-state index is 10.9. The van der Waals surface area contributed by atoms with Crippen LogP contribution < -0.4 is 0 Å². The largest absolute Gasteiger partial charge is 0.499 e. The smallest absolute Gasteiger partial charge is 0.123 e. The van der Waals surface area contributed by atoms with E-state index in [4.69, 9.17) is 4.74 Å². The fraction of sp³-hybridized carbons (Fsp3) is 0.700. The Morgan fingerprint density at radius 1 is 1.36 bits per heavy atom. The number of rotatable bonds is 3. The first-order valence-electron chi connectivity index (χ1n) is 4.75. The normalized spacial score (nSPS) is 26.8. The second-order valence-corrected chi connectivity index (χ2v) is 6.17. The maximum atomic E-state index is 10.9. The Labute approximate surface area is 101 Å². The molecule has 2 unspecified atom stereocenters. The molecule has 1 saturated carbocycles. The number of allylic oxidation sites excluding steroid dienone is 1. The van der Waals surface area contributed by atoms with Gasteiger partial charge in [-0.3, -0.25) is 0 Å². The molecule has 14 heavy (non-hydrogen) atoms. The van der Waals surface area contributed by atoms with Gasteiger partial charge in [-0.1, -0.05) is 12.8 Å². The van der Waals surface area contributed by atoms with Gasteiger partial charge in [0, 0.05) is 11.8 Å². The lowest BCUT2D eigenvalue weighted by Gasteiger charge is -2.28. The molecule has 0 spiro atoms. The molecule has 0 heterocycles. The molecule has 0 saturated heterocycles. The van der Waals surface area contributed by atoms with E-state index in [9.17, 15) is 4.79 Å². The Morgan fingerprint density at radius 3 is 2.50 bits per heavy atom. The van der Waals surface area contributed by atoms with Crippen molar-refractivity contribution in [2.45, 2.75) is 25.7 Å². The average Bonchev–Trinajstić information content (AvgIpc) is 2.19. The minimum absolute atomic E-state index is 0.115. The topological polar surface area (TPSA) is 26.3 Å². The summed E-state index contributed by atoms with van der Waals surface area (Å²) in [5.41, 5.74) is 0. The molecule has 0 N–H and O–H groups in total. The number of halogens is 2. The summed E-state index contributed by atoms with van der Waals surface area (Å²) in [5.74, 6) is 1.21. The minimum Gasteiger partial charge on any atom is -0.499 e. The molecule has 0 aromatic heterocycles. The van der Waals surface area contributed by atoms with Gasteiger partial charge in [0.2, 0.25) is 0 Å². The van der Waals surface area contributed by atoms with E-state index in [0.29, 0.717) is 0 Å². The summed E-state index contributed by atoms with van der Waals surface area (Å²) in [7, 11) is 1.65. The van der Waals surface area contributed by atoms with Gasteiger partial charge in [-0.2, -0.15) is 0 Å². The molecule has 2 atom stereocenters. The third-order valence-corrected chi connectivity index (χ3v) is 3.52. The number of ether oxygens (including phenoxy) is 1. The first kappa shape index (κ1) is 12.2. The standard InChI is InChI=1S/C10H14Br2O2/c1-14-9(10(11)12)8-5-3-2-4-7(8)6-13/h6-8H,2-5H2,1H3. The molecular weight excluding hydrogens is 312 g/mol. The van der Waals surface area contributed by atoms with Crippen molar-refractivity contribution in [2.75, 3.05) is 7.11 Å². The molecule has 2 nitrogen and oxygen atoms in total. The summed E-state index contributed by atoms with van der Waals surface area (Å²) in [6.45, 7) is 0. The molecule has 4 heteroatoms. The Kier molecular flexibility index (Phi) is 5.17. The molecule has 0 bridgehead atoms. The van der Waals surface area contributed by atoms with Crippen molar-refractivity contribution in [1.82, 2.24) is 0 Å². The van der Waals surface area contributed by atoms with Gasteiger partial charge in [-0.05, 0) is 44.7 Å². The number of carbonyl (C=O) groups excluding carboxylic acids is 1.